The molecule has 21 heavy (non-hydrogen) atoms. The fraction of sp³-hybridized carbons (Fsp3) is 0.824. The summed E-state index contributed by atoms with van der Waals surface area (Å²) in [4.78, 5) is 0. The Morgan fingerprint density at radius 2 is 2.19 bits per heavy atom. The van der Waals surface area contributed by atoms with Crippen LogP contribution in [0.1, 0.15) is 57.7 Å². The van der Waals surface area contributed by atoms with Crippen molar-refractivity contribution in [2.45, 2.75) is 64.5 Å². The fourth-order valence-corrected chi connectivity index (χ4v) is 4.62. The van der Waals surface area contributed by atoms with Crippen LogP contribution < -0.4 is 0 Å². The van der Waals surface area contributed by atoms with Crippen LogP contribution in [0.2, 0.25) is 0 Å². The molecule has 2 atom stereocenters. The SMILES string of the molecule is CCC(CC)n1ccc(CC2(CBr)CCOC2C2CC2)n1. The summed E-state index contributed by atoms with van der Waals surface area (Å²) in [6.07, 6.45) is 9.81. The lowest BCUT2D eigenvalue weighted by Crippen LogP contribution is -2.36. The zero-order valence-electron chi connectivity index (χ0n) is 13.2. The summed E-state index contributed by atoms with van der Waals surface area (Å²) in [5, 5.41) is 5.89. The van der Waals surface area contributed by atoms with Crippen molar-refractivity contribution >= 4 is 15.9 Å². The zero-order chi connectivity index (χ0) is 14.9. The maximum Gasteiger partial charge on any atom is 0.0672 e. The van der Waals surface area contributed by atoms with Gasteiger partial charge in [-0.2, -0.15) is 5.10 Å². The van der Waals surface area contributed by atoms with E-state index >= 15 is 0 Å². The number of nitrogens with zero attached hydrogens (tertiary/aromatic N) is 2. The second-order valence-corrected chi connectivity index (χ2v) is 7.37. The van der Waals surface area contributed by atoms with Crippen molar-refractivity contribution in [1.29, 1.82) is 0 Å². The van der Waals surface area contributed by atoms with Crippen molar-refractivity contribution < 1.29 is 4.74 Å². The molecule has 4 heteroatoms. The Balaban J connectivity index is 1.75. The minimum absolute atomic E-state index is 0.258. The van der Waals surface area contributed by atoms with Crippen LogP contribution in [-0.2, 0) is 11.2 Å². The molecule has 0 aromatic carbocycles. The van der Waals surface area contributed by atoms with E-state index in [4.69, 9.17) is 9.84 Å². The van der Waals surface area contributed by atoms with E-state index in [1.165, 1.54) is 18.5 Å². The minimum Gasteiger partial charge on any atom is -0.377 e. The van der Waals surface area contributed by atoms with Gasteiger partial charge >= 0.3 is 0 Å². The Labute approximate surface area is 136 Å². The first kappa shape index (κ1) is 15.5. The molecule has 1 aromatic rings. The normalized spacial score (nSPS) is 29.4. The largest absolute Gasteiger partial charge is 0.377 e. The van der Waals surface area contributed by atoms with E-state index in [-0.39, 0.29) is 5.41 Å². The van der Waals surface area contributed by atoms with Crippen LogP contribution in [-0.4, -0.2) is 27.8 Å². The number of aromatic nitrogens is 2. The third-order valence-corrected chi connectivity index (χ3v) is 6.45. The predicted molar refractivity (Wildman–Crippen MR) is 88.9 cm³/mol. The van der Waals surface area contributed by atoms with E-state index in [1.807, 2.05) is 0 Å². The summed E-state index contributed by atoms with van der Waals surface area (Å²) in [6.45, 7) is 5.40. The van der Waals surface area contributed by atoms with Crippen LogP contribution in [0.25, 0.3) is 0 Å². The summed E-state index contributed by atoms with van der Waals surface area (Å²) >= 11 is 3.78. The highest BCUT2D eigenvalue weighted by Crippen LogP contribution is 2.50. The maximum atomic E-state index is 6.09. The molecule has 1 saturated heterocycles. The zero-order valence-corrected chi connectivity index (χ0v) is 14.8. The molecular formula is C17H27BrN2O. The van der Waals surface area contributed by atoms with E-state index in [9.17, 15) is 0 Å². The van der Waals surface area contributed by atoms with Crippen LogP contribution >= 0.6 is 15.9 Å². The van der Waals surface area contributed by atoms with Gasteiger partial charge in [-0.15, -0.1) is 0 Å². The highest BCUT2D eigenvalue weighted by molar-refractivity contribution is 9.09. The molecule has 118 valence electrons. The molecule has 1 saturated carbocycles. The first-order valence-electron chi connectivity index (χ1n) is 8.44. The van der Waals surface area contributed by atoms with Gasteiger partial charge in [0, 0.05) is 30.0 Å². The topological polar surface area (TPSA) is 27.1 Å². The number of rotatable bonds is 7. The molecule has 0 amide bonds. The van der Waals surface area contributed by atoms with Gasteiger partial charge in [-0.3, -0.25) is 4.68 Å². The predicted octanol–water partition coefficient (Wildman–Crippen LogP) is 4.37. The molecule has 2 fully saturated rings. The van der Waals surface area contributed by atoms with Crippen molar-refractivity contribution in [1.82, 2.24) is 9.78 Å². The number of ether oxygens (including phenoxy) is 1. The molecule has 2 aliphatic rings. The van der Waals surface area contributed by atoms with Gasteiger partial charge in [-0.05, 0) is 44.1 Å². The Bertz CT molecular complexity index is 467. The van der Waals surface area contributed by atoms with Gasteiger partial charge in [0.2, 0.25) is 0 Å². The van der Waals surface area contributed by atoms with Crippen molar-refractivity contribution in [2.24, 2.45) is 11.3 Å². The van der Waals surface area contributed by atoms with Crippen LogP contribution in [0.5, 0.6) is 0 Å². The maximum absolute atomic E-state index is 6.09. The Kier molecular flexibility index (Phi) is 4.75. The van der Waals surface area contributed by atoms with E-state index in [0.717, 1.165) is 43.5 Å². The third-order valence-electron chi connectivity index (χ3n) is 5.33. The van der Waals surface area contributed by atoms with Gasteiger partial charge < -0.3 is 4.74 Å². The second kappa shape index (κ2) is 6.41. The summed E-state index contributed by atoms with van der Waals surface area (Å²) in [5.41, 5.74) is 1.49. The summed E-state index contributed by atoms with van der Waals surface area (Å²) < 4.78 is 8.25. The average molecular weight is 355 g/mol. The highest BCUT2D eigenvalue weighted by Gasteiger charge is 2.50. The molecule has 2 unspecified atom stereocenters. The van der Waals surface area contributed by atoms with E-state index in [2.05, 4.69) is 46.7 Å². The quantitative estimate of drug-likeness (QED) is 0.679. The lowest BCUT2D eigenvalue weighted by Gasteiger charge is -2.32. The molecule has 3 nitrogen and oxygen atoms in total. The molecule has 1 aliphatic carbocycles. The lowest BCUT2D eigenvalue weighted by atomic mass is 9.77. The van der Waals surface area contributed by atoms with Gasteiger partial charge in [-0.1, -0.05) is 29.8 Å². The Morgan fingerprint density at radius 1 is 1.43 bits per heavy atom. The monoisotopic (exact) mass is 354 g/mol. The summed E-state index contributed by atoms with van der Waals surface area (Å²) in [7, 11) is 0. The van der Waals surface area contributed by atoms with Crippen LogP contribution in [0.15, 0.2) is 12.3 Å². The molecule has 2 heterocycles. The molecule has 0 radical (unpaired) electrons. The van der Waals surface area contributed by atoms with Crippen molar-refractivity contribution in [3.05, 3.63) is 18.0 Å². The molecule has 1 aliphatic heterocycles. The van der Waals surface area contributed by atoms with Gasteiger partial charge in [0.15, 0.2) is 0 Å². The third kappa shape index (κ3) is 3.07. The standard InChI is InChI=1S/C17H27BrN2O/c1-3-15(4-2)20-9-7-14(19-20)11-17(12-18)8-10-21-16(17)13-5-6-13/h7,9,13,15-16H,3-6,8,10-12H2,1-2H3. The number of hydrogen-bond donors (Lipinski definition) is 0. The average Bonchev–Trinajstić information content (AvgIpc) is 3.10. The molecule has 0 N–H and O–H groups in total. The van der Waals surface area contributed by atoms with Crippen LogP contribution in [0.4, 0.5) is 0 Å². The Morgan fingerprint density at radius 3 is 2.81 bits per heavy atom. The molecule has 0 spiro atoms. The van der Waals surface area contributed by atoms with Crippen molar-refractivity contribution in [3.8, 4) is 0 Å². The van der Waals surface area contributed by atoms with E-state index < -0.39 is 0 Å². The van der Waals surface area contributed by atoms with Crippen LogP contribution in [0, 0.1) is 11.3 Å². The number of halogens is 1. The number of alkyl halides is 1. The molecular weight excluding hydrogens is 328 g/mol. The highest BCUT2D eigenvalue weighted by atomic mass is 79.9. The molecule has 3 rings (SSSR count). The van der Waals surface area contributed by atoms with Crippen LogP contribution in [0.3, 0.4) is 0 Å². The van der Waals surface area contributed by atoms with E-state index in [1.54, 1.807) is 0 Å². The lowest BCUT2D eigenvalue weighted by molar-refractivity contribution is 0.0409. The van der Waals surface area contributed by atoms with Gasteiger partial charge in [0.25, 0.3) is 0 Å². The van der Waals surface area contributed by atoms with Crippen molar-refractivity contribution in [2.75, 3.05) is 11.9 Å². The fourth-order valence-electron chi connectivity index (χ4n) is 3.82. The van der Waals surface area contributed by atoms with Gasteiger partial charge in [0.1, 0.15) is 0 Å². The summed E-state index contributed by atoms with van der Waals surface area (Å²) in [5.74, 6) is 0.797. The number of hydrogen-bond acceptors (Lipinski definition) is 2. The van der Waals surface area contributed by atoms with E-state index in [0.29, 0.717) is 12.1 Å². The van der Waals surface area contributed by atoms with Gasteiger partial charge in [-0.25, -0.2) is 0 Å². The molecule has 1 aromatic heterocycles. The van der Waals surface area contributed by atoms with Crippen molar-refractivity contribution in [3.63, 3.8) is 0 Å². The smallest absolute Gasteiger partial charge is 0.0672 e. The second-order valence-electron chi connectivity index (χ2n) is 6.81. The molecule has 0 bridgehead atoms. The minimum atomic E-state index is 0.258. The first-order valence-corrected chi connectivity index (χ1v) is 9.56. The summed E-state index contributed by atoms with van der Waals surface area (Å²) in [6, 6.07) is 2.75. The first-order chi connectivity index (χ1) is 10.2. The van der Waals surface area contributed by atoms with Gasteiger partial charge in [0.05, 0.1) is 17.8 Å². The Hall–Kier alpha value is -0.350.